The van der Waals surface area contributed by atoms with Crippen molar-refractivity contribution in [1.29, 1.82) is 0 Å². The summed E-state index contributed by atoms with van der Waals surface area (Å²) in [5.74, 6) is -0.441. The third-order valence-corrected chi connectivity index (χ3v) is 3.41. The molecule has 2 aromatic carbocycles. The highest BCUT2D eigenvalue weighted by molar-refractivity contribution is 9.09. The summed E-state index contributed by atoms with van der Waals surface area (Å²) in [4.78, 5) is 0. The van der Waals surface area contributed by atoms with E-state index < -0.39 is 6.10 Å². The first-order valence-electron chi connectivity index (χ1n) is 6.83. The lowest BCUT2D eigenvalue weighted by Crippen LogP contribution is -1.97. The van der Waals surface area contributed by atoms with Crippen LogP contribution in [0.1, 0.15) is 30.9 Å². The van der Waals surface area contributed by atoms with Gasteiger partial charge >= 0.3 is 0 Å². The molecule has 0 aromatic heterocycles. The Labute approximate surface area is 132 Å². The maximum Gasteiger partial charge on any atom is 0.123 e. The van der Waals surface area contributed by atoms with Crippen molar-refractivity contribution in [3.63, 3.8) is 0 Å². The quantitative estimate of drug-likeness (QED) is 0.572. The number of aliphatic hydroxyl groups is 1. The van der Waals surface area contributed by atoms with Crippen molar-refractivity contribution in [1.82, 2.24) is 0 Å². The highest BCUT2D eigenvalue weighted by Crippen LogP contribution is 2.19. The number of unbranched alkanes of at least 4 members (excludes halogenated alkanes) is 1. The molecule has 1 nitrogen and oxygen atoms in total. The van der Waals surface area contributed by atoms with E-state index in [-0.39, 0.29) is 11.6 Å². The molecule has 0 heterocycles. The van der Waals surface area contributed by atoms with Gasteiger partial charge in [0.1, 0.15) is 11.6 Å². The van der Waals surface area contributed by atoms with Crippen LogP contribution in [-0.2, 0) is 0 Å². The minimum Gasteiger partial charge on any atom is -0.388 e. The fourth-order valence-electron chi connectivity index (χ4n) is 1.70. The lowest BCUT2D eigenvalue weighted by Gasteiger charge is -2.09. The van der Waals surface area contributed by atoms with Gasteiger partial charge < -0.3 is 5.11 Å². The molecule has 0 aliphatic rings. The summed E-state index contributed by atoms with van der Waals surface area (Å²) in [6.45, 7) is 0. The van der Waals surface area contributed by atoms with E-state index >= 15 is 0 Å². The summed E-state index contributed by atoms with van der Waals surface area (Å²) >= 11 is 3.33. The maximum atomic E-state index is 12.6. The van der Waals surface area contributed by atoms with Gasteiger partial charge in [0.25, 0.3) is 0 Å². The van der Waals surface area contributed by atoms with E-state index in [0.29, 0.717) is 0 Å². The molecule has 0 fully saturated rings. The molecule has 21 heavy (non-hydrogen) atoms. The Morgan fingerprint density at radius 3 is 1.90 bits per heavy atom. The first-order chi connectivity index (χ1) is 10.1. The van der Waals surface area contributed by atoms with Crippen molar-refractivity contribution in [2.24, 2.45) is 0 Å². The predicted molar refractivity (Wildman–Crippen MR) is 85.4 cm³/mol. The summed E-state index contributed by atoms with van der Waals surface area (Å²) in [6.07, 6.45) is 2.30. The Balaban J connectivity index is 0.000000262. The van der Waals surface area contributed by atoms with Crippen molar-refractivity contribution in [2.75, 3.05) is 5.33 Å². The van der Waals surface area contributed by atoms with Gasteiger partial charge in [0.05, 0.1) is 6.10 Å². The van der Waals surface area contributed by atoms with Gasteiger partial charge in [0.15, 0.2) is 0 Å². The number of halogens is 3. The molecule has 1 atom stereocenters. The van der Waals surface area contributed by atoms with Crippen molar-refractivity contribution in [2.45, 2.75) is 25.4 Å². The Kier molecular flexibility index (Phi) is 8.87. The average Bonchev–Trinajstić information content (AvgIpc) is 2.49. The van der Waals surface area contributed by atoms with Crippen LogP contribution in [0.2, 0.25) is 0 Å². The van der Waals surface area contributed by atoms with E-state index in [2.05, 4.69) is 15.9 Å². The monoisotopic (exact) mass is 356 g/mol. The van der Waals surface area contributed by atoms with E-state index in [1.165, 1.54) is 24.3 Å². The standard InChI is InChI=1S/C11H14BrFO.C6H5F/c12-8-2-1-3-11(14)9-4-6-10(13)7-5-9;7-6-4-2-1-3-5-6/h4-7,11,14H,1-3,8H2;1-5H. The van der Waals surface area contributed by atoms with E-state index in [1.54, 1.807) is 30.3 Å². The third kappa shape index (κ3) is 7.93. The molecule has 0 radical (unpaired) electrons. The molecule has 0 saturated heterocycles. The zero-order chi connectivity index (χ0) is 15.5. The number of rotatable bonds is 5. The van der Waals surface area contributed by atoms with Crippen molar-refractivity contribution < 1.29 is 13.9 Å². The second-order valence-corrected chi connectivity index (χ2v) is 5.34. The van der Waals surface area contributed by atoms with Crippen molar-refractivity contribution in [3.8, 4) is 0 Å². The molecule has 0 bridgehead atoms. The predicted octanol–water partition coefficient (Wildman–Crippen LogP) is 5.25. The SMILES string of the molecule is Fc1ccccc1.OC(CCCCBr)c1ccc(F)cc1. The van der Waals surface area contributed by atoms with Gasteiger partial charge in [-0.1, -0.05) is 46.3 Å². The minimum absolute atomic E-state index is 0.178. The second-order valence-electron chi connectivity index (χ2n) is 4.55. The van der Waals surface area contributed by atoms with Crippen LogP contribution in [0.15, 0.2) is 54.6 Å². The fraction of sp³-hybridized carbons (Fsp3) is 0.294. The molecule has 0 saturated carbocycles. The molecule has 0 aliphatic carbocycles. The minimum atomic E-state index is -0.463. The molecule has 0 aliphatic heterocycles. The molecule has 0 spiro atoms. The molecule has 114 valence electrons. The molecule has 1 unspecified atom stereocenters. The van der Waals surface area contributed by atoms with Crippen LogP contribution < -0.4 is 0 Å². The Morgan fingerprint density at radius 1 is 0.857 bits per heavy atom. The maximum absolute atomic E-state index is 12.6. The van der Waals surface area contributed by atoms with Crippen LogP contribution >= 0.6 is 15.9 Å². The molecular weight excluding hydrogens is 338 g/mol. The number of benzene rings is 2. The summed E-state index contributed by atoms with van der Waals surface area (Å²) in [5, 5.41) is 10.7. The normalized spacial score (nSPS) is 11.4. The smallest absolute Gasteiger partial charge is 0.123 e. The van der Waals surface area contributed by atoms with E-state index in [0.717, 1.165) is 30.2 Å². The molecule has 1 N–H and O–H groups in total. The van der Waals surface area contributed by atoms with Gasteiger partial charge in [0.2, 0.25) is 0 Å². The summed E-state index contributed by atoms with van der Waals surface area (Å²) in [7, 11) is 0. The highest BCUT2D eigenvalue weighted by Gasteiger charge is 2.06. The topological polar surface area (TPSA) is 20.2 Å². The molecule has 2 rings (SSSR count). The van der Waals surface area contributed by atoms with Gasteiger partial charge in [-0.15, -0.1) is 0 Å². The van der Waals surface area contributed by atoms with Crippen LogP contribution in [0.25, 0.3) is 0 Å². The molecule has 2 aromatic rings. The zero-order valence-corrected chi connectivity index (χ0v) is 13.3. The largest absolute Gasteiger partial charge is 0.388 e. The second kappa shape index (κ2) is 10.5. The third-order valence-electron chi connectivity index (χ3n) is 2.85. The lowest BCUT2D eigenvalue weighted by molar-refractivity contribution is 0.164. The van der Waals surface area contributed by atoms with Crippen LogP contribution in [-0.4, -0.2) is 10.4 Å². The van der Waals surface area contributed by atoms with Crippen LogP contribution in [0, 0.1) is 11.6 Å². The number of aliphatic hydroxyl groups excluding tert-OH is 1. The summed E-state index contributed by atoms with van der Waals surface area (Å²) < 4.78 is 24.5. The van der Waals surface area contributed by atoms with Crippen LogP contribution in [0.4, 0.5) is 8.78 Å². The van der Waals surface area contributed by atoms with Gasteiger partial charge in [-0.2, -0.15) is 0 Å². The Bertz CT molecular complexity index is 488. The number of alkyl halides is 1. The first-order valence-corrected chi connectivity index (χ1v) is 7.95. The molecular formula is C17H19BrF2O. The van der Waals surface area contributed by atoms with Crippen molar-refractivity contribution in [3.05, 3.63) is 71.8 Å². The summed E-state index contributed by atoms with van der Waals surface area (Å²) in [5.41, 5.74) is 0.793. The van der Waals surface area contributed by atoms with Gasteiger partial charge in [0, 0.05) is 5.33 Å². The van der Waals surface area contributed by atoms with E-state index in [1.807, 2.05) is 0 Å². The fourth-order valence-corrected chi connectivity index (χ4v) is 2.09. The van der Waals surface area contributed by atoms with Crippen LogP contribution in [0.5, 0.6) is 0 Å². The number of hydrogen-bond donors (Lipinski definition) is 1. The Hall–Kier alpha value is -1.26. The Morgan fingerprint density at radius 2 is 1.43 bits per heavy atom. The van der Waals surface area contributed by atoms with E-state index in [4.69, 9.17) is 0 Å². The zero-order valence-electron chi connectivity index (χ0n) is 11.7. The van der Waals surface area contributed by atoms with Crippen LogP contribution in [0.3, 0.4) is 0 Å². The summed E-state index contributed by atoms with van der Waals surface area (Å²) in [6, 6.07) is 14.0. The van der Waals surface area contributed by atoms with Gasteiger partial charge in [-0.3, -0.25) is 0 Å². The lowest BCUT2D eigenvalue weighted by atomic mass is 10.0. The van der Waals surface area contributed by atoms with E-state index in [9.17, 15) is 13.9 Å². The average molecular weight is 357 g/mol. The first kappa shape index (κ1) is 17.8. The molecule has 0 amide bonds. The number of hydrogen-bond acceptors (Lipinski definition) is 1. The van der Waals surface area contributed by atoms with Gasteiger partial charge in [-0.05, 0) is 49.1 Å². The van der Waals surface area contributed by atoms with Crippen molar-refractivity contribution >= 4 is 15.9 Å². The molecule has 4 heteroatoms. The van der Waals surface area contributed by atoms with Gasteiger partial charge in [-0.25, -0.2) is 8.78 Å². The highest BCUT2D eigenvalue weighted by atomic mass is 79.9.